The maximum absolute atomic E-state index is 13.2. The van der Waals surface area contributed by atoms with E-state index in [1.54, 1.807) is 24.3 Å². The fourth-order valence-electron chi connectivity index (χ4n) is 4.64. The lowest BCUT2D eigenvalue weighted by molar-refractivity contribution is 0.190. The van der Waals surface area contributed by atoms with E-state index in [4.69, 9.17) is 5.26 Å². The third kappa shape index (κ3) is 3.61. The number of rotatable bonds is 5. The Kier molecular flexibility index (Phi) is 5.55. The van der Waals surface area contributed by atoms with Crippen LogP contribution in [0.15, 0.2) is 63.3 Å². The predicted octanol–water partition coefficient (Wildman–Crippen LogP) is 1.83. The zero-order valence-corrected chi connectivity index (χ0v) is 19.0. The maximum Gasteiger partial charge on any atom is 0.317 e. The second kappa shape index (κ2) is 8.55. The zero-order valence-electron chi connectivity index (χ0n) is 18.2. The highest BCUT2D eigenvalue weighted by Gasteiger charge is 2.26. The Morgan fingerprint density at radius 1 is 1.12 bits per heavy atom. The summed E-state index contributed by atoms with van der Waals surface area (Å²) < 4.78 is 29.1. The molecule has 4 aromatic rings. The van der Waals surface area contributed by atoms with Gasteiger partial charge in [-0.3, -0.25) is 14.2 Å². The van der Waals surface area contributed by atoms with E-state index in [1.165, 1.54) is 29.1 Å². The molecule has 0 radical (unpaired) electrons. The van der Waals surface area contributed by atoms with Crippen molar-refractivity contribution in [2.24, 2.45) is 0 Å². The summed E-state index contributed by atoms with van der Waals surface area (Å²) in [5.74, 6) is 0. The van der Waals surface area contributed by atoms with E-state index in [9.17, 15) is 18.0 Å². The van der Waals surface area contributed by atoms with Gasteiger partial charge in [-0.05, 0) is 31.0 Å². The van der Waals surface area contributed by atoms with E-state index < -0.39 is 21.1 Å². The average molecular weight is 479 g/mol. The number of aromatic amines is 1. The molecule has 0 unspecified atom stereocenters. The monoisotopic (exact) mass is 478 g/mol. The van der Waals surface area contributed by atoms with Crippen LogP contribution in [-0.2, 0) is 10.0 Å². The van der Waals surface area contributed by atoms with Crippen LogP contribution in [0.25, 0.3) is 22.1 Å². The Morgan fingerprint density at radius 2 is 1.85 bits per heavy atom. The Hall–Kier alpha value is -3.75. The molecule has 34 heavy (non-hydrogen) atoms. The van der Waals surface area contributed by atoms with Crippen LogP contribution < -0.4 is 11.1 Å². The van der Waals surface area contributed by atoms with Crippen LogP contribution in [0.4, 0.5) is 0 Å². The summed E-state index contributed by atoms with van der Waals surface area (Å²) >= 11 is 0. The summed E-state index contributed by atoms with van der Waals surface area (Å²) in [6.07, 6.45) is 4.53. The number of nitriles is 1. The number of hydrogen-bond donors (Lipinski definition) is 1. The number of fused-ring (bicyclic) bond motifs is 3. The van der Waals surface area contributed by atoms with Crippen molar-refractivity contribution in [3.63, 3.8) is 0 Å². The normalized spacial score (nSPS) is 15.6. The van der Waals surface area contributed by atoms with E-state index in [2.05, 4.69) is 20.9 Å². The molecule has 3 aromatic heterocycles. The maximum atomic E-state index is 13.2. The van der Waals surface area contributed by atoms with Crippen molar-refractivity contribution >= 4 is 32.1 Å². The van der Waals surface area contributed by atoms with Crippen molar-refractivity contribution in [3.8, 4) is 6.07 Å². The van der Waals surface area contributed by atoms with Gasteiger partial charge in [0.2, 0.25) is 0 Å². The van der Waals surface area contributed by atoms with Gasteiger partial charge < -0.3 is 9.88 Å². The highest BCUT2D eigenvalue weighted by Crippen LogP contribution is 2.29. The Bertz CT molecular complexity index is 1640. The van der Waals surface area contributed by atoms with Crippen molar-refractivity contribution in [1.29, 1.82) is 5.26 Å². The van der Waals surface area contributed by atoms with E-state index in [1.807, 2.05) is 0 Å². The molecule has 1 aromatic carbocycles. The zero-order chi connectivity index (χ0) is 23.9. The molecule has 1 aliphatic heterocycles. The molecule has 4 heterocycles. The fourth-order valence-corrected chi connectivity index (χ4v) is 5.97. The predicted molar refractivity (Wildman–Crippen MR) is 126 cm³/mol. The second-order valence-electron chi connectivity index (χ2n) is 8.30. The molecular weight excluding hydrogens is 456 g/mol. The number of hydrogen-bond acceptors (Lipinski definition) is 7. The van der Waals surface area contributed by atoms with Crippen molar-refractivity contribution in [2.75, 3.05) is 19.6 Å². The SMILES string of the molecule is N#CCCN1CCC(n2c(=O)c(=O)[nH]c3cnc4c(ccn4S(=O)(=O)c4ccccc4)c32)CC1. The Morgan fingerprint density at radius 3 is 2.56 bits per heavy atom. The van der Waals surface area contributed by atoms with Crippen molar-refractivity contribution in [3.05, 3.63) is 69.5 Å². The first kappa shape index (κ1) is 22.1. The molecule has 0 spiro atoms. The van der Waals surface area contributed by atoms with Crippen molar-refractivity contribution < 1.29 is 8.42 Å². The summed E-state index contributed by atoms with van der Waals surface area (Å²) in [5, 5.41) is 9.30. The van der Waals surface area contributed by atoms with Gasteiger partial charge in [-0.15, -0.1) is 0 Å². The average Bonchev–Trinajstić information content (AvgIpc) is 3.30. The smallest absolute Gasteiger partial charge is 0.315 e. The van der Waals surface area contributed by atoms with Gasteiger partial charge in [-0.2, -0.15) is 5.26 Å². The van der Waals surface area contributed by atoms with Gasteiger partial charge in [0.15, 0.2) is 5.65 Å². The van der Waals surface area contributed by atoms with Gasteiger partial charge in [0.05, 0.1) is 28.2 Å². The van der Waals surface area contributed by atoms with Gasteiger partial charge in [0.1, 0.15) is 0 Å². The molecule has 1 fully saturated rings. The quantitative estimate of drug-likeness (QED) is 0.433. The van der Waals surface area contributed by atoms with E-state index in [0.717, 1.165) is 3.97 Å². The first-order valence-corrected chi connectivity index (χ1v) is 12.4. The number of nitrogens with one attached hydrogen (secondary N) is 1. The number of benzene rings is 1. The molecule has 0 aliphatic carbocycles. The van der Waals surface area contributed by atoms with E-state index in [0.29, 0.717) is 55.3 Å². The first-order valence-electron chi connectivity index (χ1n) is 11.0. The van der Waals surface area contributed by atoms with Crippen LogP contribution in [0.2, 0.25) is 0 Å². The number of H-pyrrole nitrogens is 1. The third-order valence-electron chi connectivity index (χ3n) is 6.32. The molecule has 0 saturated carbocycles. The summed E-state index contributed by atoms with van der Waals surface area (Å²) in [6.45, 7) is 2.07. The molecule has 5 rings (SSSR count). The van der Waals surface area contributed by atoms with Crippen molar-refractivity contribution in [2.45, 2.75) is 30.2 Å². The Labute approximate surface area is 194 Å². The van der Waals surface area contributed by atoms with Crippen LogP contribution in [0.5, 0.6) is 0 Å². The summed E-state index contributed by atoms with van der Waals surface area (Å²) in [6, 6.07) is 11.6. The second-order valence-corrected chi connectivity index (χ2v) is 10.1. The molecule has 10 nitrogen and oxygen atoms in total. The summed E-state index contributed by atoms with van der Waals surface area (Å²) in [5.41, 5.74) is -0.389. The third-order valence-corrected chi connectivity index (χ3v) is 8.00. The van der Waals surface area contributed by atoms with Crippen LogP contribution in [0, 0.1) is 11.3 Å². The van der Waals surface area contributed by atoms with Gasteiger partial charge in [-0.25, -0.2) is 17.4 Å². The number of aromatic nitrogens is 4. The number of likely N-dealkylation sites (tertiary alicyclic amines) is 1. The minimum Gasteiger partial charge on any atom is -0.315 e. The number of pyridine rings is 1. The van der Waals surface area contributed by atoms with Gasteiger partial charge in [0.25, 0.3) is 10.0 Å². The van der Waals surface area contributed by atoms with E-state index in [-0.39, 0.29) is 16.6 Å². The van der Waals surface area contributed by atoms with Crippen LogP contribution in [0.1, 0.15) is 25.3 Å². The fraction of sp³-hybridized carbons (Fsp3) is 0.304. The molecule has 11 heteroatoms. The Balaban J connectivity index is 1.66. The van der Waals surface area contributed by atoms with Crippen LogP contribution in [0.3, 0.4) is 0 Å². The van der Waals surface area contributed by atoms with Gasteiger partial charge in [0, 0.05) is 43.7 Å². The van der Waals surface area contributed by atoms with Gasteiger partial charge >= 0.3 is 11.1 Å². The van der Waals surface area contributed by atoms with Gasteiger partial charge in [-0.1, -0.05) is 18.2 Å². The molecule has 1 saturated heterocycles. The lowest BCUT2D eigenvalue weighted by atomic mass is 10.0. The minimum atomic E-state index is -3.90. The summed E-state index contributed by atoms with van der Waals surface area (Å²) in [4.78, 5) is 34.6. The first-order chi connectivity index (χ1) is 16.4. The molecule has 0 bridgehead atoms. The molecule has 1 N–H and O–H groups in total. The molecule has 0 amide bonds. The number of nitrogens with zero attached hydrogens (tertiary/aromatic N) is 5. The highest BCUT2D eigenvalue weighted by atomic mass is 32.2. The lowest BCUT2D eigenvalue weighted by Crippen LogP contribution is -2.42. The molecule has 1 aliphatic rings. The standard InChI is InChI=1S/C23H22N6O4S/c24-10-4-11-27-12-7-16(8-13-27)29-20-18-9-14-28(34(32,33)17-5-2-1-3-6-17)21(18)25-15-19(20)26-22(30)23(29)31/h1-3,5-6,9,14-16H,4,7-8,11-13H2,(H,26,30). The van der Waals surface area contributed by atoms with E-state index >= 15 is 0 Å². The molecule has 0 atom stereocenters. The number of piperidine rings is 1. The largest absolute Gasteiger partial charge is 0.317 e. The highest BCUT2D eigenvalue weighted by molar-refractivity contribution is 7.90. The summed E-state index contributed by atoms with van der Waals surface area (Å²) in [7, 11) is -3.90. The molecular formula is C23H22N6O4S. The van der Waals surface area contributed by atoms with Crippen LogP contribution in [-0.4, -0.2) is 51.5 Å². The van der Waals surface area contributed by atoms with Crippen molar-refractivity contribution in [1.82, 2.24) is 23.4 Å². The lowest BCUT2D eigenvalue weighted by Gasteiger charge is -2.32. The topological polar surface area (TPSA) is 134 Å². The van der Waals surface area contributed by atoms with Crippen LogP contribution >= 0.6 is 0 Å². The minimum absolute atomic E-state index is 0.123. The molecule has 174 valence electrons.